The monoisotopic (exact) mass is 193 g/mol. The zero-order chi connectivity index (χ0) is 9.42. The third-order valence-corrected chi connectivity index (χ3v) is 2.60. The Balaban J connectivity index is 2.75. The molecular weight excluding hydrogens is 182 g/mol. The van der Waals surface area contributed by atoms with Crippen LogP contribution in [0.15, 0.2) is 30.5 Å². The van der Waals surface area contributed by atoms with Gasteiger partial charge in [0.25, 0.3) is 0 Å². The highest BCUT2D eigenvalue weighted by Gasteiger charge is 2.05. The molecule has 0 aliphatic heterocycles. The van der Waals surface area contributed by atoms with Crippen LogP contribution >= 0.6 is 11.6 Å². The molecule has 0 aliphatic carbocycles. The Kier molecular flexibility index (Phi) is 2.04. The van der Waals surface area contributed by atoms with E-state index in [2.05, 4.69) is 36.7 Å². The minimum absolute atomic E-state index is 0.482. The smallest absolute Gasteiger partial charge is 0.0499 e. The van der Waals surface area contributed by atoms with E-state index in [1.807, 2.05) is 12.1 Å². The zero-order valence-electron chi connectivity index (χ0n) is 7.79. The van der Waals surface area contributed by atoms with Gasteiger partial charge in [-0.05, 0) is 32.0 Å². The minimum Gasteiger partial charge on any atom is -0.345 e. The molecule has 0 radical (unpaired) electrons. The summed E-state index contributed by atoms with van der Waals surface area (Å²) in [5.74, 6) is 0. The van der Waals surface area contributed by atoms with Crippen molar-refractivity contribution in [3.8, 4) is 0 Å². The summed E-state index contributed by atoms with van der Waals surface area (Å²) in [6, 6.07) is 8.56. The van der Waals surface area contributed by atoms with Crippen LogP contribution in [0.2, 0.25) is 5.02 Å². The average Bonchev–Trinajstić information content (AvgIpc) is 2.48. The lowest BCUT2D eigenvalue weighted by Crippen LogP contribution is -1.97. The van der Waals surface area contributed by atoms with E-state index in [-0.39, 0.29) is 0 Å². The summed E-state index contributed by atoms with van der Waals surface area (Å²) in [6.45, 7) is 4.33. The van der Waals surface area contributed by atoms with Gasteiger partial charge in [-0.1, -0.05) is 17.7 Å². The maximum absolute atomic E-state index is 6.06. The molecule has 0 N–H and O–H groups in total. The molecule has 68 valence electrons. The van der Waals surface area contributed by atoms with Crippen LogP contribution in [0.5, 0.6) is 0 Å². The standard InChI is InChI=1S/C11H12ClN/c1-8(2)13-7-6-9-10(12)4-3-5-11(9)13/h3-8H,1-2H3. The molecule has 0 unspecified atom stereocenters. The van der Waals surface area contributed by atoms with Crippen molar-refractivity contribution < 1.29 is 0 Å². The number of aromatic nitrogens is 1. The fraction of sp³-hybridized carbons (Fsp3) is 0.273. The van der Waals surface area contributed by atoms with E-state index >= 15 is 0 Å². The predicted molar refractivity (Wildman–Crippen MR) is 57.3 cm³/mol. The lowest BCUT2D eigenvalue weighted by molar-refractivity contribution is 0.623. The second-order valence-corrected chi connectivity index (χ2v) is 3.90. The molecule has 0 fully saturated rings. The molecule has 0 saturated heterocycles. The first-order valence-electron chi connectivity index (χ1n) is 4.45. The minimum atomic E-state index is 0.482. The van der Waals surface area contributed by atoms with Crippen molar-refractivity contribution in [2.24, 2.45) is 0 Å². The lowest BCUT2D eigenvalue weighted by Gasteiger charge is -2.08. The summed E-state index contributed by atoms with van der Waals surface area (Å²) in [4.78, 5) is 0. The van der Waals surface area contributed by atoms with Crippen molar-refractivity contribution in [2.45, 2.75) is 19.9 Å². The van der Waals surface area contributed by atoms with Crippen LogP contribution in [-0.4, -0.2) is 4.57 Å². The third kappa shape index (κ3) is 1.33. The first kappa shape index (κ1) is 8.64. The van der Waals surface area contributed by atoms with Crippen LogP contribution in [0.4, 0.5) is 0 Å². The van der Waals surface area contributed by atoms with Gasteiger partial charge in [-0.25, -0.2) is 0 Å². The third-order valence-electron chi connectivity index (χ3n) is 2.27. The molecule has 1 heterocycles. The van der Waals surface area contributed by atoms with Gasteiger partial charge in [-0.2, -0.15) is 0 Å². The van der Waals surface area contributed by atoms with Gasteiger partial charge in [-0.15, -0.1) is 0 Å². The molecule has 0 spiro atoms. The molecule has 1 nitrogen and oxygen atoms in total. The summed E-state index contributed by atoms with van der Waals surface area (Å²) >= 11 is 6.06. The topological polar surface area (TPSA) is 4.93 Å². The number of benzene rings is 1. The molecule has 0 amide bonds. The molecule has 1 aromatic carbocycles. The molecule has 2 rings (SSSR count). The number of rotatable bonds is 1. The summed E-state index contributed by atoms with van der Waals surface area (Å²) in [6.07, 6.45) is 2.08. The molecule has 2 heteroatoms. The number of hydrogen-bond acceptors (Lipinski definition) is 0. The quantitative estimate of drug-likeness (QED) is 0.648. The second kappa shape index (κ2) is 3.08. The molecular formula is C11H12ClN. The molecule has 0 bridgehead atoms. The molecule has 0 saturated carbocycles. The van der Waals surface area contributed by atoms with Crippen LogP contribution in [0.25, 0.3) is 10.9 Å². The van der Waals surface area contributed by atoms with Crippen molar-refractivity contribution in [3.63, 3.8) is 0 Å². The second-order valence-electron chi connectivity index (χ2n) is 3.49. The van der Waals surface area contributed by atoms with Crippen LogP contribution in [0.3, 0.4) is 0 Å². The Hall–Kier alpha value is -0.950. The molecule has 0 atom stereocenters. The van der Waals surface area contributed by atoms with Crippen LogP contribution in [-0.2, 0) is 0 Å². The largest absolute Gasteiger partial charge is 0.345 e. The Morgan fingerprint density at radius 2 is 2.00 bits per heavy atom. The molecule has 1 aromatic heterocycles. The fourth-order valence-electron chi connectivity index (χ4n) is 1.60. The van der Waals surface area contributed by atoms with Gasteiger partial charge in [-0.3, -0.25) is 0 Å². The maximum Gasteiger partial charge on any atom is 0.0499 e. The molecule has 2 aromatic rings. The predicted octanol–water partition coefficient (Wildman–Crippen LogP) is 3.88. The van der Waals surface area contributed by atoms with E-state index in [1.54, 1.807) is 0 Å². The van der Waals surface area contributed by atoms with Gasteiger partial charge in [0.2, 0.25) is 0 Å². The van der Waals surface area contributed by atoms with Gasteiger partial charge < -0.3 is 4.57 Å². The highest BCUT2D eigenvalue weighted by Crippen LogP contribution is 2.26. The fourth-order valence-corrected chi connectivity index (χ4v) is 1.83. The number of halogens is 1. The van der Waals surface area contributed by atoms with Crippen molar-refractivity contribution in [1.29, 1.82) is 0 Å². The number of hydrogen-bond donors (Lipinski definition) is 0. The number of fused-ring (bicyclic) bond motifs is 1. The highest BCUT2D eigenvalue weighted by atomic mass is 35.5. The Labute approximate surface area is 82.9 Å². The van der Waals surface area contributed by atoms with Crippen molar-refractivity contribution in [2.75, 3.05) is 0 Å². The lowest BCUT2D eigenvalue weighted by atomic mass is 10.2. The van der Waals surface area contributed by atoms with Crippen molar-refractivity contribution in [1.82, 2.24) is 4.57 Å². The SMILES string of the molecule is CC(C)n1ccc2c(Cl)cccc21. The average molecular weight is 194 g/mol. The van der Waals surface area contributed by atoms with Crippen LogP contribution in [0, 0.1) is 0 Å². The van der Waals surface area contributed by atoms with Gasteiger partial charge in [0, 0.05) is 28.2 Å². The van der Waals surface area contributed by atoms with E-state index in [4.69, 9.17) is 11.6 Å². The van der Waals surface area contributed by atoms with Crippen LogP contribution < -0.4 is 0 Å². The Bertz CT molecular complexity index is 429. The maximum atomic E-state index is 6.06. The van der Waals surface area contributed by atoms with E-state index < -0.39 is 0 Å². The first-order chi connectivity index (χ1) is 6.20. The Morgan fingerprint density at radius 1 is 1.23 bits per heavy atom. The normalized spacial score (nSPS) is 11.4. The van der Waals surface area contributed by atoms with Gasteiger partial charge in [0.1, 0.15) is 0 Å². The zero-order valence-corrected chi connectivity index (χ0v) is 8.55. The summed E-state index contributed by atoms with van der Waals surface area (Å²) in [5, 5.41) is 1.97. The van der Waals surface area contributed by atoms with E-state index in [1.165, 1.54) is 5.52 Å². The summed E-state index contributed by atoms with van der Waals surface area (Å²) in [7, 11) is 0. The molecule has 13 heavy (non-hydrogen) atoms. The van der Waals surface area contributed by atoms with Gasteiger partial charge in [0.05, 0.1) is 0 Å². The molecule has 0 aliphatic rings. The van der Waals surface area contributed by atoms with Crippen molar-refractivity contribution in [3.05, 3.63) is 35.5 Å². The highest BCUT2D eigenvalue weighted by molar-refractivity contribution is 6.35. The van der Waals surface area contributed by atoms with Gasteiger partial charge >= 0.3 is 0 Å². The van der Waals surface area contributed by atoms with Crippen LogP contribution in [0.1, 0.15) is 19.9 Å². The summed E-state index contributed by atoms with van der Waals surface area (Å²) in [5.41, 5.74) is 1.21. The first-order valence-corrected chi connectivity index (χ1v) is 4.83. The Morgan fingerprint density at radius 3 is 2.69 bits per heavy atom. The van der Waals surface area contributed by atoms with E-state index in [9.17, 15) is 0 Å². The van der Waals surface area contributed by atoms with Gasteiger partial charge in [0.15, 0.2) is 0 Å². The van der Waals surface area contributed by atoms with E-state index in [0.717, 1.165) is 10.4 Å². The van der Waals surface area contributed by atoms with Crippen molar-refractivity contribution >= 4 is 22.5 Å². The van der Waals surface area contributed by atoms with E-state index in [0.29, 0.717) is 6.04 Å². The summed E-state index contributed by atoms with van der Waals surface area (Å²) < 4.78 is 2.22. The number of nitrogens with zero attached hydrogens (tertiary/aromatic N) is 1.